The highest BCUT2D eigenvalue weighted by molar-refractivity contribution is 5.69. The summed E-state index contributed by atoms with van der Waals surface area (Å²) in [5.41, 5.74) is 0.689. The van der Waals surface area contributed by atoms with Gasteiger partial charge < -0.3 is 23.7 Å². The van der Waals surface area contributed by atoms with Gasteiger partial charge in [0.1, 0.15) is 0 Å². The molecular formula is C35H58O6. The molecule has 0 N–H and O–H groups in total. The number of rotatable bonds is 8. The standard InChI is InChI=1S/C35H58O6/c1-23(11-14-30(36)37-4)26-12-13-27-33-28(16-18-35(26,27)3)34(2)17-15-25(40-31-9-5-7-19-38-31)21-24(34)22-29(33)41-32-10-6-8-20-39-32/h23-29,31-33H,5-22H2,1-4H3/t23-,24+,25-,26?,27?,28?,29-,31?,32?,33?,34+,35-/m1/s1. The van der Waals surface area contributed by atoms with Crippen molar-refractivity contribution in [1.82, 2.24) is 0 Å². The van der Waals surface area contributed by atoms with Crippen molar-refractivity contribution in [3.63, 3.8) is 0 Å². The highest BCUT2D eigenvalue weighted by Crippen LogP contribution is 2.69. The van der Waals surface area contributed by atoms with Gasteiger partial charge in [-0.25, -0.2) is 0 Å². The monoisotopic (exact) mass is 574 g/mol. The Kier molecular flexibility index (Phi) is 9.42. The topological polar surface area (TPSA) is 63.2 Å². The van der Waals surface area contributed by atoms with E-state index in [1.807, 2.05) is 0 Å². The maximum Gasteiger partial charge on any atom is 0.305 e. The summed E-state index contributed by atoms with van der Waals surface area (Å²) in [4.78, 5) is 12.0. The fourth-order valence-electron chi connectivity index (χ4n) is 11.1. The molecule has 0 aromatic heterocycles. The molecule has 0 aromatic carbocycles. The molecule has 6 heteroatoms. The van der Waals surface area contributed by atoms with Crippen LogP contribution in [-0.2, 0) is 28.5 Å². The molecule has 6 rings (SSSR count). The average Bonchev–Trinajstić information content (AvgIpc) is 3.34. The molecule has 234 valence electrons. The number of ether oxygens (including phenoxy) is 5. The van der Waals surface area contributed by atoms with Crippen molar-refractivity contribution in [1.29, 1.82) is 0 Å². The molecule has 4 saturated carbocycles. The minimum atomic E-state index is -0.0675. The van der Waals surface area contributed by atoms with Crippen molar-refractivity contribution >= 4 is 5.97 Å². The molecular weight excluding hydrogens is 516 g/mol. The van der Waals surface area contributed by atoms with E-state index in [0.717, 1.165) is 51.7 Å². The fraction of sp³-hybridized carbons (Fsp3) is 0.971. The van der Waals surface area contributed by atoms with Crippen molar-refractivity contribution in [3.05, 3.63) is 0 Å². The second-order valence-corrected chi connectivity index (χ2v) is 15.3. The Morgan fingerprint density at radius 1 is 0.829 bits per heavy atom. The van der Waals surface area contributed by atoms with Gasteiger partial charge in [0.15, 0.2) is 12.6 Å². The summed E-state index contributed by atoms with van der Waals surface area (Å²) < 4.78 is 30.8. The first-order valence-electron chi connectivity index (χ1n) is 17.4. The Morgan fingerprint density at radius 3 is 2.20 bits per heavy atom. The van der Waals surface area contributed by atoms with Crippen LogP contribution in [-0.4, -0.2) is 51.1 Å². The van der Waals surface area contributed by atoms with E-state index in [1.165, 1.54) is 64.9 Å². The third-order valence-electron chi connectivity index (χ3n) is 13.3. The molecule has 4 aliphatic carbocycles. The Bertz CT molecular complexity index is 882. The van der Waals surface area contributed by atoms with E-state index in [0.29, 0.717) is 58.9 Å². The summed E-state index contributed by atoms with van der Waals surface area (Å²) in [5, 5.41) is 0. The zero-order valence-electron chi connectivity index (χ0n) is 26.5. The van der Waals surface area contributed by atoms with Crippen LogP contribution in [0.3, 0.4) is 0 Å². The normalized spacial score (nSPS) is 47.1. The highest BCUT2D eigenvalue weighted by Gasteiger charge is 2.63. The van der Waals surface area contributed by atoms with Crippen LogP contribution in [0.15, 0.2) is 0 Å². The van der Waals surface area contributed by atoms with Crippen LogP contribution >= 0.6 is 0 Å². The summed E-state index contributed by atoms with van der Waals surface area (Å²) >= 11 is 0. The van der Waals surface area contributed by atoms with Crippen LogP contribution in [0.1, 0.15) is 124 Å². The smallest absolute Gasteiger partial charge is 0.305 e. The number of hydrogen-bond acceptors (Lipinski definition) is 6. The van der Waals surface area contributed by atoms with Gasteiger partial charge in [0.05, 0.1) is 19.3 Å². The van der Waals surface area contributed by atoms with Crippen molar-refractivity contribution in [2.75, 3.05) is 20.3 Å². The van der Waals surface area contributed by atoms with Gasteiger partial charge in [-0.2, -0.15) is 0 Å². The SMILES string of the molecule is COC(=O)CC[C@@H](C)C1CCC2C3C(CC[C@@]21C)[C@@]1(C)CC[C@@H](OC2CCCCO2)C[C@H]1C[C@H]3OC1CCCCO1. The number of methoxy groups -OCH3 is 1. The van der Waals surface area contributed by atoms with Crippen molar-refractivity contribution in [2.24, 2.45) is 46.3 Å². The maximum atomic E-state index is 12.0. The molecule has 2 aliphatic heterocycles. The molecule has 2 saturated heterocycles. The summed E-state index contributed by atoms with van der Waals surface area (Å²) in [6, 6.07) is 0. The van der Waals surface area contributed by atoms with Crippen molar-refractivity contribution in [2.45, 2.75) is 148 Å². The largest absolute Gasteiger partial charge is 0.469 e. The van der Waals surface area contributed by atoms with Crippen LogP contribution in [0.25, 0.3) is 0 Å². The Balaban J connectivity index is 1.21. The lowest BCUT2D eigenvalue weighted by molar-refractivity contribution is -0.258. The number of fused-ring (bicyclic) bond motifs is 5. The predicted molar refractivity (Wildman–Crippen MR) is 158 cm³/mol. The van der Waals surface area contributed by atoms with E-state index in [9.17, 15) is 4.79 Å². The van der Waals surface area contributed by atoms with Crippen molar-refractivity contribution in [3.8, 4) is 0 Å². The number of carbonyl (C=O) groups excluding carboxylic acids is 1. The lowest BCUT2D eigenvalue weighted by atomic mass is 9.43. The zero-order valence-corrected chi connectivity index (χ0v) is 26.5. The first-order valence-corrected chi connectivity index (χ1v) is 17.4. The summed E-state index contributed by atoms with van der Waals surface area (Å²) in [6.07, 6.45) is 18.9. The molecule has 0 radical (unpaired) electrons. The quantitative estimate of drug-likeness (QED) is 0.219. The van der Waals surface area contributed by atoms with Crippen LogP contribution < -0.4 is 0 Å². The minimum absolute atomic E-state index is 0.00381. The van der Waals surface area contributed by atoms with Gasteiger partial charge in [-0.15, -0.1) is 0 Å². The number of carbonyl (C=O) groups is 1. The average molecular weight is 575 g/mol. The third kappa shape index (κ3) is 6.02. The summed E-state index contributed by atoms with van der Waals surface area (Å²) in [7, 11) is 1.51. The zero-order chi connectivity index (χ0) is 28.6. The van der Waals surface area contributed by atoms with Crippen LogP contribution in [0.4, 0.5) is 0 Å². The Labute approximate surface area is 249 Å². The third-order valence-corrected chi connectivity index (χ3v) is 13.3. The van der Waals surface area contributed by atoms with Gasteiger partial charge in [0, 0.05) is 19.6 Å². The van der Waals surface area contributed by atoms with Gasteiger partial charge in [-0.05, 0) is 143 Å². The van der Waals surface area contributed by atoms with E-state index in [4.69, 9.17) is 23.7 Å². The van der Waals surface area contributed by atoms with Crippen LogP contribution in [0.2, 0.25) is 0 Å². The first-order chi connectivity index (χ1) is 19.8. The summed E-state index contributed by atoms with van der Waals surface area (Å²) in [6.45, 7) is 9.33. The molecule has 0 bridgehead atoms. The molecule has 6 fully saturated rings. The van der Waals surface area contributed by atoms with E-state index in [1.54, 1.807) is 0 Å². The lowest BCUT2D eigenvalue weighted by Gasteiger charge is -2.63. The molecule has 2 heterocycles. The van der Waals surface area contributed by atoms with E-state index in [2.05, 4.69) is 20.8 Å². The lowest BCUT2D eigenvalue weighted by Crippen LogP contribution is -2.60. The second-order valence-electron chi connectivity index (χ2n) is 15.3. The van der Waals surface area contributed by atoms with Crippen LogP contribution in [0.5, 0.6) is 0 Å². The molecule has 41 heavy (non-hydrogen) atoms. The predicted octanol–water partition coefficient (Wildman–Crippen LogP) is 7.67. The van der Waals surface area contributed by atoms with Gasteiger partial charge in [-0.1, -0.05) is 20.8 Å². The van der Waals surface area contributed by atoms with E-state index in [-0.39, 0.29) is 24.7 Å². The summed E-state index contributed by atoms with van der Waals surface area (Å²) in [5.74, 6) is 3.81. The van der Waals surface area contributed by atoms with Crippen LogP contribution in [0, 0.1) is 46.3 Å². The van der Waals surface area contributed by atoms with Gasteiger partial charge in [-0.3, -0.25) is 4.79 Å². The molecule has 6 unspecified atom stereocenters. The molecule has 0 aromatic rings. The Hall–Kier alpha value is -0.690. The minimum Gasteiger partial charge on any atom is -0.469 e. The van der Waals surface area contributed by atoms with E-state index >= 15 is 0 Å². The van der Waals surface area contributed by atoms with Gasteiger partial charge in [0.25, 0.3) is 0 Å². The number of esters is 1. The second kappa shape index (κ2) is 12.7. The van der Waals surface area contributed by atoms with E-state index < -0.39 is 0 Å². The molecule has 6 aliphatic rings. The fourth-order valence-corrected chi connectivity index (χ4v) is 11.1. The Morgan fingerprint density at radius 2 is 1.51 bits per heavy atom. The molecule has 0 spiro atoms. The highest BCUT2D eigenvalue weighted by atomic mass is 16.7. The van der Waals surface area contributed by atoms with Crippen molar-refractivity contribution < 1.29 is 28.5 Å². The molecule has 0 amide bonds. The van der Waals surface area contributed by atoms with Gasteiger partial charge >= 0.3 is 5.97 Å². The number of hydrogen-bond donors (Lipinski definition) is 0. The molecule has 12 atom stereocenters. The molecule has 6 nitrogen and oxygen atoms in total. The van der Waals surface area contributed by atoms with Gasteiger partial charge in [0.2, 0.25) is 0 Å². The first kappa shape index (κ1) is 30.3. The maximum absolute atomic E-state index is 12.0.